The number of ether oxygens (including phenoxy) is 1. The first-order chi connectivity index (χ1) is 8.78. The fourth-order valence-electron chi connectivity index (χ4n) is 3.10. The van der Waals surface area contributed by atoms with E-state index in [9.17, 15) is 0 Å². The Bertz CT molecular complexity index is 426. The van der Waals surface area contributed by atoms with Crippen molar-refractivity contribution in [1.82, 2.24) is 4.90 Å². The summed E-state index contributed by atoms with van der Waals surface area (Å²) in [6.07, 6.45) is 0.209. The van der Waals surface area contributed by atoms with E-state index in [0.717, 1.165) is 24.6 Å². The van der Waals surface area contributed by atoms with Gasteiger partial charge in [-0.3, -0.25) is 4.90 Å². The van der Waals surface area contributed by atoms with Crippen molar-refractivity contribution in [3.05, 3.63) is 23.7 Å². The molecule has 108 valence electrons. The topological polar surface area (TPSA) is 51.6 Å². The molecule has 1 fully saturated rings. The molecule has 3 unspecified atom stereocenters. The summed E-state index contributed by atoms with van der Waals surface area (Å²) in [6, 6.07) is 4.17. The number of nitrogens with zero attached hydrogens (tertiary/aromatic N) is 1. The van der Waals surface area contributed by atoms with Gasteiger partial charge in [0.15, 0.2) is 0 Å². The van der Waals surface area contributed by atoms with Gasteiger partial charge in [-0.2, -0.15) is 0 Å². The summed E-state index contributed by atoms with van der Waals surface area (Å²) in [7, 11) is 0. The van der Waals surface area contributed by atoms with Crippen molar-refractivity contribution >= 4 is 0 Å². The van der Waals surface area contributed by atoms with Crippen molar-refractivity contribution in [3.8, 4) is 0 Å². The summed E-state index contributed by atoms with van der Waals surface area (Å²) in [5, 5.41) is 0. The van der Waals surface area contributed by atoms with Gasteiger partial charge in [0, 0.05) is 19.1 Å². The average Bonchev–Trinajstić information content (AvgIpc) is 2.60. The number of hydrogen-bond acceptors (Lipinski definition) is 4. The fourth-order valence-corrected chi connectivity index (χ4v) is 3.10. The molecule has 4 heteroatoms. The molecule has 1 saturated heterocycles. The second-order valence-electron chi connectivity index (χ2n) is 6.37. The molecular weight excluding hydrogens is 240 g/mol. The van der Waals surface area contributed by atoms with E-state index in [4.69, 9.17) is 14.9 Å². The monoisotopic (exact) mass is 266 g/mol. The van der Waals surface area contributed by atoms with Crippen molar-refractivity contribution in [2.45, 2.75) is 58.4 Å². The Morgan fingerprint density at radius 2 is 2.11 bits per heavy atom. The van der Waals surface area contributed by atoms with Gasteiger partial charge in [-0.1, -0.05) is 0 Å². The molecule has 0 radical (unpaired) electrons. The zero-order chi connectivity index (χ0) is 14.2. The van der Waals surface area contributed by atoms with E-state index in [1.165, 1.54) is 0 Å². The van der Waals surface area contributed by atoms with Crippen LogP contribution in [0.2, 0.25) is 0 Å². The van der Waals surface area contributed by atoms with Crippen LogP contribution >= 0.6 is 0 Å². The number of aryl methyl sites for hydroxylation is 1. The quantitative estimate of drug-likeness (QED) is 0.913. The lowest BCUT2D eigenvalue weighted by Gasteiger charge is -2.45. The minimum atomic E-state index is -0.146. The van der Waals surface area contributed by atoms with Crippen LogP contribution in [0, 0.1) is 6.92 Å². The second kappa shape index (κ2) is 5.27. The van der Waals surface area contributed by atoms with Crippen molar-refractivity contribution in [1.29, 1.82) is 0 Å². The molecule has 4 nitrogen and oxygen atoms in total. The summed E-state index contributed by atoms with van der Waals surface area (Å²) in [4.78, 5) is 2.39. The molecule has 0 saturated carbocycles. The molecule has 2 heterocycles. The third kappa shape index (κ3) is 3.38. The smallest absolute Gasteiger partial charge is 0.122 e. The third-order valence-corrected chi connectivity index (χ3v) is 3.54. The van der Waals surface area contributed by atoms with Gasteiger partial charge >= 0.3 is 0 Å². The minimum Gasteiger partial charge on any atom is -0.465 e. The van der Waals surface area contributed by atoms with Gasteiger partial charge in [0.2, 0.25) is 0 Å². The van der Waals surface area contributed by atoms with Gasteiger partial charge in [0.1, 0.15) is 11.5 Å². The Kier molecular flexibility index (Phi) is 4.04. The van der Waals surface area contributed by atoms with Crippen LogP contribution in [0.25, 0.3) is 0 Å². The molecule has 0 aliphatic carbocycles. The van der Waals surface area contributed by atoms with Gasteiger partial charge in [-0.05, 0) is 46.8 Å². The van der Waals surface area contributed by atoms with E-state index in [-0.39, 0.29) is 23.8 Å². The average molecular weight is 266 g/mol. The lowest BCUT2D eigenvalue weighted by Crippen LogP contribution is -2.55. The molecule has 0 bridgehead atoms. The number of rotatable bonds is 3. The van der Waals surface area contributed by atoms with E-state index >= 15 is 0 Å². The van der Waals surface area contributed by atoms with E-state index in [0.29, 0.717) is 0 Å². The molecule has 0 amide bonds. The molecule has 19 heavy (non-hydrogen) atoms. The highest BCUT2D eigenvalue weighted by atomic mass is 16.5. The maximum absolute atomic E-state index is 6.20. The normalized spacial score (nSPS) is 27.2. The van der Waals surface area contributed by atoms with Crippen LogP contribution in [0.5, 0.6) is 0 Å². The summed E-state index contributed by atoms with van der Waals surface area (Å²) in [5.74, 6) is 1.89. The van der Waals surface area contributed by atoms with Crippen LogP contribution in [-0.4, -0.2) is 35.7 Å². The summed E-state index contributed by atoms with van der Waals surface area (Å²) < 4.78 is 11.8. The maximum Gasteiger partial charge on any atom is 0.122 e. The Morgan fingerprint density at radius 3 is 2.58 bits per heavy atom. The number of furan rings is 1. The Hall–Kier alpha value is -0.840. The first kappa shape index (κ1) is 14.6. The zero-order valence-electron chi connectivity index (χ0n) is 12.6. The van der Waals surface area contributed by atoms with E-state index in [1.807, 2.05) is 26.0 Å². The third-order valence-electron chi connectivity index (χ3n) is 3.54. The first-order valence-corrected chi connectivity index (χ1v) is 7.02. The van der Waals surface area contributed by atoms with Gasteiger partial charge in [0.25, 0.3) is 0 Å². The van der Waals surface area contributed by atoms with Crippen LogP contribution in [0.4, 0.5) is 0 Å². The highest BCUT2D eigenvalue weighted by Crippen LogP contribution is 2.31. The van der Waals surface area contributed by atoms with E-state index < -0.39 is 0 Å². The molecular formula is C15H26N2O2. The lowest BCUT2D eigenvalue weighted by molar-refractivity contribution is -0.141. The Labute approximate surface area is 115 Å². The molecule has 3 atom stereocenters. The van der Waals surface area contributed by atoms with E-state index in [2.05, 4.69) is 25.7 Å². The summed E-state index contributed by atoms with van der Waals surface area (Å²) in [5.41, 5.74) is 6.05. The molecule has 1 aromatic heterocycles. The van der Waals surface area contributed by atoms with Gasteiger partial charge in [0.05, 0.1) is 17.7 Å². The predicted molar refractivity (Wildman–Crippen MR) is 76.0 cm³/mol. The molecule has 2 rings (SSSR count). The van der Waals surface area contributed by atoms with Crippen LogP contribution in [0.1, 0.15) is 45.3 Å². The van der Waals surface area contributed by atoms with Crippen molar-refractivity contribution < 1.29 is 9.15 Å². The SMILES string of the molecule is Cc1ccc(C(C(C)N)N2CC(C)OC(C)(C)C2)o1. The molecule has 1 aliphatic heterocycles. The standard InChI is InChI=1S/C15H26N2O2/c1-10-6-7-13(18-10)14(12(3)16)17-8-11(2)19-15(4,5)9-17/h6-7,11-12,14H,8-9,16H2,1-5H3. The second-order valence-corrected chi connectivity index (χ2v) is 6.37. The fraction of sp³-hybridized carbons (Fsp3) is 0.733. The van der Waals surface area contributed by atoms with E-state index in [1.54, 1.807) is 0 Å². The van der Waals surface area contributed by atoms with Gasteiger partial charge in [-0.15, -0.1) is 0 Å². The first-order valence-electron chi connectivity index (χ1n) is 7.02. The summed E-state index contributed by atoms with van der Waals surface area (Å²) in [6.45, 7) is 12.1. The highest BCUT2D eigenvalue weighted by Gasteiger charge is 2.37. The number of morpholine rings is 1. The molecule has 1 aliphatic rings. The van der Waals surface area contributed by atoms with Crippen molar-refractivity contribution in [2.24, 2.45) is 5.73 Å². The van der Waals surface area contributed by atoms with Crippen LogP contribution < -0.4 is 5.73 Å². The Balaban J connectivity index is 2.24. The number of hydrogen-bond donors (Lipinski definition) is 1. The van der Waals surface area contributed by atoms with Gasteiger partial charge < -0.3 is 14.9 Å². The highest BCUT2D eigenvalue weighted by molar-refractivity contribution is 5.12. The molecule has 2 N–H and O–H groups in total. The minimum absolute atomic E-state index is 0.0200. The van der Waals surface area contributed by atoms with Crippen molar-refractivity contribution in [3.63, 3.8) is 0 Å². The molecule has 0 aromatic carbocycles. The van der Waals surface area contributed by atoms with Crippen LogP contribution in [-0.2, 0) is 4.74 Å². The predicted octanol–water partition coefficient (Wildman–Crippen LogP) is 2.48. The summed E-state index contributed by atoms with van der Waals surface area (Å²) >= 11 is 0. The maximum atomic E-state index is 6.20. The van der Waals surface area contributed by atoms with Gasteiger partial charge in [-0.25, -0.2) is 0 Å². The van der Waals surface area contributed by atoms with Crippen molar-refractivity contribution in [2.75, 3.05) is 13.1 Å². The largest absolute Gasteiger partial charge is 0.465 e. The Morgan fingerprint density at radius 1 is 1.42 bits per heavy atom. The lowest BCUT2D eigenvalue weighted by atomic mass is 9.99. The number of nitrogens with two attached hydrogens (primary N) is 1. The zero-order valence-corrected chi connectivity index (χ0v) is 12.6. The molecule has 1 aromatic rings. The van der Waals surface area contributed by atoms with Crippen LogP contribution in [0.3, 0.4) is 0 Å². The molecule has 0 spiro atoms. The van der Waals surface area contributed by atoms with Crippen LogP contribution in [0.15, 0.2) is 16.5 Å².